The first-order valence-electron chi connectivity index (χ1n) is 11.9. The molecule has 7 rings (SSSR count). The van der Waals surface area contributed by atoms with E-state index in [1.165, 1.54) is 56.8 Å². The van der Waals surface area contributed by atoms with E-state index >= 15 is 0 Å². The molecule has 2 atom stereocenters. The molecule has 0 aliphatic heterocycles. The Balaban J connectivity index is 1.41. The third kappa shape index (κ3) is 3.08. The second-order valence-electron chi connectivity index (χ2n) is 9.41. The van der Waals surface area contributed by atoms with E-state index in [1.54, 1.807) is 5.56 Å². The molecule has 0 spiro atoms. The van der Waals surface area contributed by atoms with Gasteiger partial charge < -0.3 is 5.32 Å². The van der Waals surface area contributed by atoms with E-state index in [9.17, 15) is 0 Å². The van der Waals surface area contributed by atoms with Crippen molar-refractivity contribution in [2.45, 2.75) is 18.8 Å². The van der Waals surface area contributed by atoms with E-state index in [-0.39, 0.29) is 0 Å². The summed E-state index contributed by atoms with van der Waals surface area (Å²) in [5.74, 6) is 1.51. The first-order chi connectivity index (χ1) is 16.4. The Hall–Kier alpha value is -3.84. The van der Waals surface area contributed by atoms with Crippen LogP contribution in [0.4, 0.5) is 11.4 Å². The highest BCUT2D eigenvalue weighted by atomic mass is 14.9. The van der Waals surface area contributed by atoms with Crippen LogP contribution in [-0.2, 0) is 0 Å². The zero-order valence-electron chi connectivity index (χ0n) is 18.5. The molecule has 0 saturated heterocycles. The second-order valence-corrected chi connectivity index (χ2v) is 9.41. The van der Waals surface area contributed by atoms with Gasteiger partial charge in [-0.2, -0.15) is 0 Å². The molecular formula is C32H25N. The molecular weight excluding hydrogens is 398 g/mol. The molecule has 1 saturated carbocycles. The first-order valence-corrected chi connectivity index (χ1v) is 11.9. The molecule has 1 N–H and O–H groups in total. The zero-order chi connectivity index (χ0) is 21.8. The molecule has 0 bridgehead atoms. The molecule has 5 aromatic carbocycles. The Morgan fingerprint density at radius 1 is 0.667 bits per heavy atom. The van der Waals surface area contributed by atoms with Crippen LogP contribution in [0, 0.1) is 5.92 Å². The van der Waals surface area contributed by atoms with E-state index in [0.29, 0.717) is 5.92 Å². The van der Waals surface area contributed by atoms with Gasteiger partial charge in [0, 0.05) is 22.3 Å². The largest absolute Gasteiger partial charge is 0.355 e. The Bertz CT molecular complexity index is 1540. The Labute approximate surface area is 194 Å². The summed E-state index contributed by atoms with van der Waals surface area (Å²) in [6, 6.07) is 35.1. The quantitative estimate of drug-likeness (QED) is 0.305. The number of hydrogen-bond acceptors (Lipinski definition) is 1. The topological polar surface area (TPSA) is 12.0 Å². The van der Waals surface area contributed by atoms with Crippen molar-refractivity contribution in [2.75, 3.05) is 5.32 Å². The van der Waals surface area contributed by atoms with E-state index in [2.05, 4.69) is 115 Å². The number of benzene rings is 5. The minimum Gasteiger partial charge on any atom is -0.355 e. The number of anilines is 2. The van der Waals surface area contributed by atoms with Crippen molar-refractivity contribution < 1.29 is 0 Å². The lowest BCUT2D eigenvalue weighted by Crippen LogP contribution is -1.99. The predicted molar refractivity (Wildman–Crippen MR) is 141 cm³/mol. The summed E-state index contributed by atoms with van der Waals surface area (Å²) in [6.07, 6.45) is 7.26. The Morgan fingerprint density at radius 3 is 2.30 bits per heavy atom. The van der Waals surface area contributed by atoms with Gasteiger partial charge in [0.25, 0.3) is 0 Å². The summed E-state index contributed by atoms with van der Waals surface area (Å²) in [7, 11) is 0. The third-order valence-electron chi connectivity index (χ3n) is 7.43. The minimum absolute atomic E-state index is 0.693. The summed E-state index contributed by atoms with van der Waals surface area (Å²) in [5.41, 5.74) is 7.81. The van der Waals surface area contributed by atoms with Gasteiger partial charge in [0.05, 0.1) is 0 Å². The Morgan fingerprint density at radius 2 is 1.42 bits per heavy atom. The maximum Gasteiger partial charge on any atom is 0.0467 e. The highest BCUT2D eigenvalue weighted by Crippen LogP contribution is 2.55. The lowest BCUT2D eigenvalue weighted by Gasteiger charge is -2.19. The van der Waals surface area contributed by atoms with Crippen molar-refractivity contribution in [2.24, 2.45) is 5.92 Å². The molecule has 0 amide bonds. The van der Waals surface area contributed by atoms with Gasteiger partial charge in [0.2, 0.25) is 0 Å². The van der Waals surface area contributed by atoms with E-state index in [4.69, 9.17) is 0 Å². The SMILES string of the molecule is C1=Cc2c(Nc3ccc(-c4ccccc4)c4ccccc34)cc3ccccc3c2C2CC2C1. The number of fused-ring (bicyclic) bond motifs is 6. The standard InChI is InChI=1S/C32H25N/c1-2-9-21(10-3-1)24-17-18-30(27-15-7-6-14-26(24)27)33-31-20-23-11-4-5-13-25(23)32-28(31)16-8-12-22-19-29(22)32/h1-11,13-18,20,22,29,33H,12,19H2. The van der Waals surface area contributed by atoms with Gasteiger partial charge in [-0.25, -0.2) is 0 Å². The van der Waals surface area contributed by atoms with E-state index < -0.39 is 0 Å². The molecule has 158 valence electrons. The van der Waals surface area contributed by atoms with Crippen molar-refractivity contribution >= 4 is 39.0 Å². The number of allylic oxidation sites excluding steroid dienone is 1. The lowest BCUT2D eigenvalue weighted by molar-refractivity contribution is 0.830. The van der Waals surface area contributed by atoms with Gasteiger partial charge in [-0.05, 0) is 69.7 Å². The maximum absolute atomic E-state index is 3.86. The molecule has 5 aromatic rings. The van der Waals surface area contributed by atoms with Crippen molar-refractivity contribution in [3.05, 3.63) is 114 Å². The summed E-state index contributed by atoms with van der Waals surface area (Å²) < 4.78 is 0. The van der Waals surface area contributed by atoms with Crippen LogP contribution >= 0.6 is 0 Å². The monoisotopic (exact) mass is 423 g/mol. The van der Waals surface area contributed by atoms with Crippen molar-refractivity contribution in [3.8, 4) is 11.1 Å². The van der Waals surface area contributed by atoms with Crippen LogP contribution < -0.4 is 5.32 Å². The number of nitrogens with one attached hydrogen (secondary N) is 1. The van der Waals surface area contributed by atoms with E-state index in [1.807, 2.05) is 0 Å². The van der Waals surface area contributed by atoms with Crippen molar-refractivity contribution in [1.82, 2.24) is 0 Å². The molecule has 33 heavy (non-hydrogen) atoms. The normalized spacial score (nSPS) is 18.5. The molecule has 2 aliphatic rings. The number of rotatable bonds is 3. The van der Waals surface area contributed by atoms with Crippen LogP contribution in [0.5, 0.6) is 0 Å². The van der Waals surface area contributed by atoms with Gasteiger partial charge in [-0.1, -0.05) is 97.1 Å². The lowest BCUT2D eigenvalue weighted by atomic mass is 9.93. The van der Waals surface area contributed by atoms with E-state index in [0.717, 1.165) is 11.6 Å². The number of hydrogen-bond donors (Lipinski definition) is 1. The van der Waals surface area contributed by atoms with Gasteiger partial charge in [0.15, 0.2) is 0 Å². The second kappa shape index (κ2) is 7.35. The van der Waals surface area contributed by atoms with Crippen molar-refractivity contribution in [1.29, 1.82) is 0 Å². The third-order valence-corrected chi connectivity index (χ3v) is 7.43. The summed E-state index contributed by atoms with van der Waals surface area (Å²) in [5, 5.41) is 9.13. The Kier molecular flexibility index (Phi) is 4.17. The zero-order valence-corrected chi connectivity index (χ0v) is 18.5. The van der Waals surface area contributed by atoms with Gasteiger partial charge in [-0.15, -0.1) is 0 Å². The maximum atomic E-state index is 3.86. The fraction of sp³-hybridized carbons (Fsp3) is 0.125. The van der Waals surface area contributed by atoms with Gasteiger partial charge >= 0.3 is 0 Å². The highest BCUT2D eigenvalue weighted by Gasteiger charge is 2.41. The molecule has 1 fully saturated rings. The summed E-state index contributed by atoms with van der Waals surface area (Å²) >= 11 is 0. The molecule has 0 radical (unpaired) electrons. The first kappa shape index (κ1) is 18.7. The average Bonchev–Trinajstić information content (AvgIpc) is 3.65. The fourth-order valence-corrected chi connectivity index (χ4v) is 5.72. The molecule has 0 heterocycles. The van der Waals surface area contributed by atoms with Crippen LogP contribution in [-0.4, -0.2) is 0 Å². The van der Waals surface area contributed by atoms with Crippen LogP contribution in [0.3, 0.4) is 0 Å². The highest BCUT2D eigenvalue weighted by molar-refractivity contribution is 6.05. The fourth-order valence-electron chi connectivity index (χ4n) is 5.72. The molecule has 0 aromatic heterocycles. The minimum atomic E-state index is 0.693. The molecule has 1 nitrogen and oxygen atoms in total. The molecule has 2 unspecified atom stereocenters. The van der Waals surface area contributed by atoms with Gasteiger partial charge in [-0.3, -0.25) is 0 Å². The van der Waals surface area contributed by atoms with Crippen LogP contribution in [0.25, 0.3) is 38.7 Å². The van der Waals surface area contributed by atoms with Crippen molar-refractivity contribution in [3.63, 3.8) is 0 Å². The average molecular weight is 424 g/mol. The summed E-state index contributed by atoms with van der Waals surface area (Å²) in [6.45, 7) is 0. The molecule has 2 aliphatic carbocycles. The smallest absolute Gasteiger partial charge is 0.0467 e. The summed E-state index contributed by atoms with van der Waals surface area (Å²) in [4.78, 5) is 0. The predicted octanol–water partition coefficient (Wildman–Crippen LogP) is 8.92. The van der Waals surface area contributed by atoms with Crippen LogP contribution in [0.2, 0.25) is 0 Å². The molecule has 1 heteroatoms. The van der Waals surface area contributed by atoms with Crippen LogP contribution in [0.15, 0.2) is 103 Å². The van der Waals surface area contributed by atoms with Gasteiger partial charge in [0.1, 0.15) is 0 Å². The van der Waals surface area contributed by atoms with Crippen LogP contribution in [0.1, 0.15) is 29.9 Å².